The molecule has 0 bridgehead atoms. The lowest BCUT2D eigenvalue weighted by Crippen LogP contribution is -2.11. The average molecular weight is 310 g/mol. The summed E-state index contributed by atoms with van der Waals surface area (Å²) in [7, 11) is 0. The van der Waals surface area contributed by atoms with Gasteiger partial charge in [0.05, 0.1) is 12.0 Å². The summed E-state index contributed by atoms with van der Waals surface area (Å²) in [6, 6.07) is 13.6. The Balaban J connectivity index is 2.18. The standard InChI is InChI=1S/C19H18O4/c1-2-3-12-22-19-17(21)15-6-4-5-7-16(15)23-18(19)13-8-10-14(20)11-9-13/h4-11,20H,2-3,12H2,1H3. The predicted octanol–water partition coefficient (Wildman–Crippen LogP) is 4.34. The van der Waals surface area contributed by atoms with Crippen molar-refractivity contribution in [2.45, 2.75) is 19.8 Å². The lowest BCUT2D eigenvalue weighted by Gasteiger charge is -2.11. The van der Waals surface area contributed by atoms with Crippen molar-refractivity contribution in [2.24, 2.45) is 0 Å². The van der Waals surface area contributed by atoms with Gasteiger partial charge in [0.1, 0.15) is 11.3 Å². The maximum Gasteiger partial charge on any atom is 0.235 e. The number of phenols is 1. The summed E-state index contributed by atoms with van der Waals surface area (Å²) < 4.78 is 11.7. The lowest BCUT2D eigenvalue weighted by atomic mass is 10.1. The van der Waals surface area contributed by atoms with Gasteiger partial charge >= 0.3 is 0 Å². The summed E-state index contributed by atoms with van der Waals surface area (Å²) >= 11 is 0. The molecule has 0 aliphatic heterocycles. The monoisotopic (exact) mass is 310 g/mol. The Morgan fingerprint density at radius 2 is 1.83 bits per heavy atom. The van der Waals surface area contributed by atoms with Crippen LogP contribution in [0.4, 0.5) is 0 Å². The fourth-order valence-electron chi connectivity index (χ4n) is 2.38. The van der Waals surface area contributed by atoms with Crippen LogP contribution in [0.25, 0.3) is 22.3 Å². The summed E-state index contributed by atoms with van der Waals surface area (Å²) in [5, 5.41) is 9.95. The van der Waals surface area contributed by atoms with E-state index in [1.54, 1.807) is 42.5 Å². The number of hydrogen-bond acceptors (Lipinski definition) is 4. The van der Waals surface area contributed by atoms with Crippen LogP contribution in [0, 0.1) is 0 Å². The third-order valence-electron chi connectivity index (χ3n) is 3.63. The molecular weight excluding hydrogens is 292 g/mol. The average Bonchev–Trinajstić information content (AvgIpc) is 2.58. The molecule has 0 saturated heterocycles. The van der Waals surface area contributed by atoms with Gasteiger partial charge < -0.3 is 14.3 Å². The first-order chi connectivity index (χ1) is 11.2. The van der Waals surface area contributed by atoms with E-state index < -0.39 is 0 Å². The quantitative estimate of drug-likeness (QED) is 0.712. The van der Waals surface area contributed by atoms with Crippen LogP contribution < -0.4 is 10.2 Å². The Bertz CT molecular complexity index is 863. The summed E-state index contributed by atoms with van der Waals surface area (Å²) in [5.41, 5.74) is 1.03. The molecule has 0 aliphatic rings. The van der Waals surface area contributed by atoms with Crippen LogP contribution in [-0.4, -0.2) is 11.7 Å². The van der Waals surface area contributed by atoms with Crippen LogP contribution in [0.5, 0.6) is 11.5 Å². The Hall–Kier alpha value is -2.75. The predicted molar refractivity (Wildman–Crippen MR) is 90.0 cm³/mol. The fourth-order valence-corrected chi connectivity index (χ4v) is 2.38. The van der Waals surface area contributed by atoms with Gasteiger partial charge in [-0.25, -0.2) is 0 Å². The molecule has 118 valence electrons. The van der Waals surface area contributed by atoms with Crippen molar-refractivity contribution in [3.8, 4) is 22.8 Å². The molecule has 0 atom stereocenters. The van der Waals surface area contributed by atoms with Gasteiger partial charge in [0.2, 0.25) is 11.2 Å². The molecule has 0 amide bonds. The van der Waals surface area contributed by atoms with Gasteiger partial charge in [0.25, 0.3) is 0 Å². The van der Waals surface area contributed by atoms with Crippen molar-refractivity contribution in [1.82, 2.24) is 0 Å². The number of para-hydroxylation sites is 1. The van der Waals surface area contributed by atoms with E-state index in [0.717, 1.165) is 12.8 Å². The molecule has 0 aliphatic carbocycles. The summed E-state index contributed by atoms with van der Waals surface area (Å²) in [6.07, 6.45) is 1.84. The van der Waals surface area contributed by atoms with Crippen molar-refractivity contribution in [1.29, 1.82) is 0 Å². The molecule has 4 heteroatoms. The number of phenolic OH excluding ortho intramolecular Hbond substituents is 1. The molecule has 23 heavy (non-hydrogen) atoms. The SMILES string of the molecule is CCCCOc1c(-c2ccc(O)cc2)oc2ccccc2c1=O. The molecule has 1 N–H and O–H groups in total. The van der Waals surface area contributed by atoms with Gasteiger partial charge in [-0.3, -0.25) is 4.79 Å². The van der Waals surface area contributed by atoms with E-state index in [2.05, 4.69) is 6.92 Å². The first kappa shape index (κ1) is 15.2. The third-order valence-corrected chi connectivity index (χ3v) is 3.63. The molecule has 4 nitrogen and oxygen atoms in total. The summed E-state index contributed by atoms with van der Waals surface area (Å²) in [6.45, 7) is 2.53. The Morgan fingerprint density at radius 3 is 2.57 bits per heavy atom. The van der Waals surface area contributed by atoms with Gasteiger partial charge in [-0.05, 0) is 42.8 Å². The van der Waals surface area contributed by atoms with Crippen molar-refractivity contribution in [3.63, 3.8) is 0 Å². The highest BCUT2D eigenvalue weighted by Gasteiger charge is 2.17. The Labute approximate surface area is 134 Å². The summed E-state index contributed by atoms with van der Waals surface area (Å²) in [4.78, 5) is 12.7. The van der Waals surface area contributed by atoms with Crippen LogP contribution in [0.3, 0.4) is 0 Å². The van der Waals surface area contributed by atoms with Crippen LogP contribution in [0.1, 0.15) is 19.8 Å². The van der Waals surface area contributed by atoms with E-state index in [-0.39, 0.29) is 16.9 Å². The zero-order valence-corrected chi connectivity index (χ0v) is 12.9. The molecule has 0 radical (unpaired) electrons. The number of fused-ring (bicyclic) bond motifs is 1. The first-order valence-electron chi connectivity index (χ1n) is 7.68. The third kappa shape index (κ3) is 3.06. The van der Waals surface area contributed by atoms with Crippen molar-refractivity contribution >= 4 is 11.0 Å². The van der Waals surface area contributed by atoms with Crippen LogP contribution in [0.2, 0.25) is 0 Å². The van der Waals surface area contributed by atoms with E-state index in [9.17, 15) is 9.90 Å². The number of hydrogen-bond donors (Lipinski definition) is 1. The molecule has 3 aromatic rings. The molecule has 0 spiro atoms. The minimum Gasteiger partial charge on any atom is -0.508 e. The number of aromatic hydroxyl groups is 1. The van der Waals surface area contributed by atoms with E-state index in [4.69, 9.17) is 9.15 Å². The molecule has 1 heterocycles. The van der Waals surface area contributed by atoms with E-state index in [0.29, 0.717) is 28.9 Å². The van der Waals surface area contributed by atoms with Gasteiger partial charge in [-0.15, -0.1) is 0 Å². The molecule has 2 aromatic carbocycles. The number of unbranched alkanes of at least 4 members (excludes halogenated alkanes) is 1. The second kappa shape index (κ2) is 6.57. The second-order valence-electron chi connectivity index (χ2n) is 5.33. The smallest absolute Gasteiger partial charge is 0.235 e. The molecule has 0 saturated carbocycles. The van der Waals surface area contributed by atoms with E-state index >= 15 is 0 Å². The molecule has 3 rings (SSSR count). The normalized spacial score (nSPS) is 10.8. The fraction of sp³-hybridized carbons (Fsp3) is 0.211. The highest BCUT2D eigenvalue weighted by molar-refractivity contribution is 5.81. The maximum atomic E-state index is 12.7. The zero-order valence-electron chi connectivity index (χ0n) is 12.9. The molecule has 1 aromatic heterocycles. The molecule has 0 fully saturated rings. The van der Waals surface area contributed by atoms with Gasteiger partial charge in [-0.2, -0.15) is 0 Å². The van der Waals surface area contributed by atoms with Crippen LogP contribution in [-0.2, 0) is 0 Å². The minimum absolute atomic E-state index is 0.158. The van der Waals surface area contributed by atoms with Gasteiger partial charge in [0.15, 0.2) is 5.76 Å². The largest absolute Gasteiger partial charge is 0.508 e. The van der Waals surface area contributed by atoms with Crippen molar-refractivity contribution in [2.75, 3.05) is 6.61 Å². The lowest BCUT2D eigenvalue weighted by molar-refractivity contribution is 0.301. The van der Waals surface area contributed by atoms with Crippen molar-refractivity contribution < 1.29 is 14.3 Å². The Kier molecular flexibility index (Phi) is 4.33. The maximum absolute atomic E-state index is 12.7. The van der Waals surface area contributed by atoms with Crippen molar-refractivity contribution in [3.05, 3.63) is 58.8 Å². The second-order valence-corrected chi connectivity index (χ2v) is 5.33. The highest BCUT2D eigenvalue weighted by atomic mass is 16.5. The van der Waals surface area contributed by atoms with Gasteiger partial charge in [0, 0.05) is 5.56 Å². The zero-order chi connectivity index (χ0) is 16.2. The van der Waals surface area contributed by atoms with Crippen LogP contribution in [0.15, 0.2) is 57.7 Å². The van der Waals surface area contributed by atoms with Gasteiger partial charge in [-0.1, -0.05) is 25.5 Å². The molecular formula is C19H18O4. The summed E-state index contributed by atoms with van der Waals surface area (Å²) in [5.74, 6) is 0.776. The van der Waals surface area contributed by atoms with Crippen LogP contribution >= 0.6 is 0 Å². The molecule has 0 unspecified atom stereocenters. The Morgan fingerprint density at radius 1 is 1.09 bits per heavy atom. The highest BCUT2D eigenvalue weighted by Crippen LogP contribution is 2.31. The number of benzene rings is 2. The minimum atomic E-state index is -0.175. The topological polar surface area (TPSA) is 59.7 Å². The number of ether oxygens (including phenoxy) is 1. The van der Waals surface area contributed by atoms with E-state index in [1.807, 2.05) is 6.07 Å². The van der Waals surface area contributed by atoms with E-state index in [1.165, 1.54) is 0 Å². The first-order valence-corrected chi connectivity index (χ1v) is 7.68. The number of rotatable bonds is 5.